The first kappa shape index (κ1) is 21.4. The second-order valence-electron chi connectivity index (χ2n) is 9.57. The zero-order chi connectivity index (χ0) is 18.7. The Morgan fingerprint density at radius 2 is 1.46 bits per heavy atom. The van der Waals surface area contributed by atoms with Crippen LogP contribution in [0.4, 0.5) is 0 Å². The van der Waals surface area contributed by atoms with Crippen LogP contribution in [0.25, 0.3) is 0 Å². The fourth-order valence-electron chi connectivity index (χ4n) is 4.92. The number of piperidine rings is 1. The number of nitrogens with one attached hydrogen (secondary N) is 1. The molecule has 0 radical (unpaired) electrons. The lowest BCUT2D eigenvalue weighted by atomic mass is 9.79. The zero-order valence-corrected chi connectivity index (χ0v) is 17.5. The van der Waals surface area contributed by atoms with Gasteiger partial charge in [-0.2, -0.15) is 0 Å². The van der Waals surface area contributed by atoms with Crippen molar-refractivity contribution >= 4 is 6.41 Å². The minimum absolute atomic E-state index is 0.0706. The molecule has 1 fully saturated rings. The Labute approximate surface area is 150 Å². The molecule has 4 nitrogen and oxygen atoms in total. The molecule has 0 spiro atoms. The second-order valence-corrected chi connectivity index (χ2v) is 9.57. The highest BCUT2D eigenvalue weighted by Crippen LogP contribution is 2.31. The van der Waals surface area contributed by atoms with E-state index < -0.39 is 0 Å². The van der Waals surface area contributed by atoms with Crippen molar-refractivity contribution in [3.63, 3.8) is 0 Å². The van der Waals surface area contributed by atoms with Crippen molar-refractivity contribution in [1.29, 1.82) is 0 Å². The fraction of sp³-hybridized carbons (Fsp3) is 0.950. The summed E-state index contributed by atoms with van der Waals surface area (Å²) >= 11 is 0. The van der Waals surface area contributed by atoms with E-state index in [1.807, 2.05) is 0 Å². The average Bonchev–Trinajstić information content (AvgIpc) is 2.34. The van der Waals surface area contributed by atoms with Gasteiger partial charge in [-0.3, -0.25) is 9.69 Å². The summed E-state index contributed by atoms with van der Waals surface area (Å²) in [7, 11) is 0. The molecule has 1 N–H and O–H groups in total. The Kier molecular flexibility index (Phi) is 7.30. The average molecular weight is 340 g/mol. The van der Waals surface area contributed by atoms with Gasteiger partial charge in [0.2, 0.25) is 6.41 Å². The Morgan fingerprint density at radius 3 is 1.83 bits per heavy atom. The van der Waals surface area contributed by atoms with Crippen LogP contribution in [-0.2, 0) is 4.79 Å². The number of rotatable bonds is 8. The molecule has 1 aliphatic heterocycles. The second kappa shape index (κ2) is 8.18. The lowest BCUT2D eigenvalue weighted by molar-refractivity contribution is -0.122. The third-order valence-corrected chi connectivity index (χ3v) is 5.28. The van der Waals surface area contributed by atoms with Crippen LogP contribution < -0.4 is 5.32 Å². The van der Waals surface area contributed by atoms with E-state index in [1.165, 1.54) is 0 Å². The lowest BCUT2D eigenvalue weighted by Gasteiger charge is -2.49. The quantitative estimate of drug-likeness (QED) is 0.686. The van der Waals surface area contributed by atoms with Crippen LogP contribution in [0.5, 0.6) is 0 Å². The fourth-order valence-corrected chi connectivity index (χ4v) is 4.92. The highest BCUT2D eigenvalue weighted by atomic mass is 16.1. The standard InChI is InChI=1S/C20H41N3O/c1-15(2)23(16(3)4)17(5)10-11-22(14-24)18-12-19(6,7)21-20(8,9)13-18/h14-18,21H,10-13H2,1-9H3. The summed E-state index contributed by atoms with van der Waals surface area (Å²) in [6.07, 6.45) is 4.13. The van der Waals surface area contributed by atoms with Gasteiger partial charge in [-0.15, -0.1) is 0 Å². The molecule has 1 aliphatic rings. The normalized spacial score (nSPS) is 22.2. The minimum Gasteiger partial charge on any atom is -0.342 e. The van der Waals surface area contributed by atoms with Crippen LogP contribution in [0.3, 0.4) is 0 Å². The summed E-state index contributed by atoms with van der Waals surface area (Å²) in [6, 6.07) is 1.87. The van der Waals surface area contributed by atoms with E-state index in [1.54, 1.807) is 0 Å². The van der Waals surface area contributed by atoms with Gasteiger partial charge >= 0.3 is 0 Å². The summed E-state index contributed by atoms with van der Waals surface area (Å²) in [6.45, 7) is 21.1. The molecule has 4 heteroatoms. The van der Waals surface area contributed by atoms with E-state index in [-0.39, 0.29) is 11.1 Å². The molecule has 0 bridgehead atoms. The first-order chi connectivity index (χ1) is 10.9. The topological polar surface area (TPSA) is 35.6 Å². The summed E-state index contributed by atoms with van der Waals surface area (Å²) in [5.74, 6) is 0. The SMILES string of the molecule is CC(C)N(C(C)C)C(C)CCN(C=O)C1CC(C)(C)NC(C)(C)C1. The van der Waals surface area contributed by atoms with Gasteiger partial charge in [0.25, 0.3) is 0 Å². The highest BCUT2D eigenvalue weighted by molar-refractivity contribution is 5.48. The van der Waals surface area contributed by atoms with Crippen molar-refractivity contribution in [2.75, 3.05) is 6.54 Å². The van der Waals surface area contributed by atoms with Crippen LogP contribution in [0.15, 0.2) is 0 Å². The molecule has 1 heterocycles. The molecule has 0 aliphatic carbocycles. The van der Waals surface area contributed by atoms with Crippen molar-refractivity contribution < 1.29 is 4.79 Å². The van der Waals surface area contributed by atoms with Crippen molar-refractivity contribution in [2.45, 2.75) is 117 Å². The maximum Gasteiger partial charge on any atom is 0.209 e. The Hall–Kier alpha value is -0.610. The van der Waals surface area contributed by atoms with Gasteiger partial charge in [0, 0.05) is 41.8 Å². The first-order valence-corrected chi connectivity index (χ1v) is 9.66. The summed E-state index contributed by atoms with van der Waals surface area (Å²) < 4.78 is 0. The molecule has 1 rings (SSSR count). The molecule has 1 saturated heterocycles. The van der Waals surface area contributed by atoms with E-state index in [0.717, 1.165) is 32.2 Å². The van der Waals surface area contributed by atoms with Gasteiger partial charge in [0.1, 0.15) is 0 Å². The van der Waals surface area contributed by atoms with E-state index in [2.05, 4.69) is 77.4 Å². The van der Waals surface area contributed by atoms with Crippen LogP contribution >= 0.6 is 0 Å². The zero-order valence-electron chi connectivity index (χ0n) is 17.5. The first-order valence-electron chi connectivity index (χ1n) is 9.66. The molecular formula is C20H41N3O. The minimum atomic E-state index is 0.0706. The van der Waals surface area contributed by atoms with E-state index >= 15 is 0 Å². The van der Waals surface area contributed by atoms with Gasteiger partial charge in [-0.05, 0) is 81.6 Å². The van der Waals surface area contributed by atoms with Crippen LogP contribution in [0, 0.1) is 0 Å². The number of hydrogen-bond donors (Lipinski definition) is 1. The van der Waals surface area contributed by atoms with Gasteiger partial charge in [0.15, 0.2) is 0 Å². The van der Waals surface area contributed by atoms with Gasteiger partial charge < -0.3 is 10.2 Å². The number of hydrogen-bond acceptors (Lipinski definition) is 3. The smallest absolute Gasteiger partial charge is 0.209 e. The molecule has 1 amide bonds. The molecule has 0 aromatic heterocycles. The van der Waals surface area contributed by atoms with Crippen molar-refractivity contribution in [3.05, 3.63) is 0 Å². The number of amides is 1. The number of carbonyl (C=O) groups excluding carboxylic acids is 1. The Morgan fingerprint density at radius 1 is 1.00 bits per heavy atom. The maximum absolute atomic E-state index is 11.8. The molecule has 1 atom stereocenters. The van der Waals surface area contributed by atoms with Gasteiger partial charge in [0.05, 0.1) is 0 Å². The van der Waals surface area contributed by atoms with Crippen LogP contribution in [0.2, 0.25) is 0 Å². The largest absolute Gasteiger partial charge is 0.342 e. The number of nitrogens with zero attached hydrogens (tertiary/aromatic N) is 2. The summed E-state index contributed by atoms with van der Waals surface area (Å²) in [5.41, 5.74) is 0.141. The van der Waals surface area contributed by atoms with E-state index in [0.29, 0.717) is 24.2 Å². The summed E-state index contributed by atoms with van der Waals surface area (Å²) in [4.78, 5) is 16.4. The summed E-state index contributed by atoms with van der Waals surface area (Å²) in [5, 5.41) is 3.70. The molecular weight excluding hydrogens is 298 g/mol. The molecule has 0 aromatic rings. The van der Waals surface area contributed by atoms with Crippen LogP contribution in [-0.4, -0.2) is 58.0 Å². The van der Waals surface area contributed by atoms with Gasteiger partial charge in [-0.25, -0.2) is 0 Å². The van der Waals surface area contributed by atoms with E-state index in [9.17, 15) is 4.79 Å². The molecule has 0 aromatic carbocycles. The van der Waals surface area contributed by atoms with Crippen molar-refractivity contribution in [3.8, 4) is 0 Å². The van der Waals surface area contributed by atoms with Crippen LogP contribution in [0.1, 0.15) is 81.6 Å². The lowest BCUT2D eigenvalue weighted by Crippen LogP contribution is -2.62. The van der Waals surface area contributed by atoms with Crippen molar-refractivity contribution in [1.82, 2.24) is 15.1 Å². The number of carbonyl (C=O) groups is 1. The third kappa shape index (κ3) is 6.03. The Balaban J connectivity index is 2.72. The highest BCUT2D eigenvalue weighted by Gasteiger charge is 2.39. The molecule has 142 valence electrons. The monoisotopic (exact) mass is 339 g/mol. The van der Waals surface area contributed by atoms with Crippen molar-refractivity contribution in [2.24, 2.45) is 0 Å². The molecule has 1 unspecified atom stereocenters. The predicted molar refractivity (Wildman–Crippen MR) is 103 cm³/mol. The van der Waals surface area contributed by atoms with E-state index in [4.69, 9.17) is 0 Å². The molecule has 0 saturated carbocycles. The van der Waals surface area contributed by atoms with Gasteiger partial charge in [-0.1, -0.05) is 0 Å². The third-order valence-electron chi connectivity index (χ3n) is 5.28. The molecule has 24 heavy (non-hydrogen) atoms. The maximum atomic E-state index is 11.8. The Bertz CT molecular complexity index is 380. The predicted octanol–water partition coefficient (Wildman–Crippen LogP) is 3.65.